The molecule has 1 aromatic carbocycles. The summed E-state index contributed by atoms with van der Waals surface area (Å²) >= 11 is 6.03. The average Bonchev–Trinajstić information content (AvgIpc) is 2.88. The van der Waals surface area contributed by atoms with E-state index in [2.05, 4.69) is 20.4 Å². The molecule has 0 amide bonds. The minimum Gasteiger partial charge on any atom is -0.393 e. The zero-order valence-corrected chi connectivity index (χ0v) is 12.7. The summed E-state index contributed by atoms with van der Waals surface area (Å²) in [5.41, 5.74) is 0.993. The molecule has 1 aliphatic rings. The molecule has 0 radical (unpaired) electrons. The number of hydrogen-bond donors (Lipinski definition) is 3. The maximum Gasteiger partial charge on any atom is 0.155 e. The Morgan fingerprint density at radius 2 is 2.19 bits per heavy atom. The minimum absolute atomic E-state index is 0.0976. The fourth-order valence-corrected chi connectivity index (χ4v) is 2.95. The van der Waals surface area contributed by atoms with Crippen molar-refractivity contribution in [3.63, 3.8) is 0 Å². The molecule has 5 nitrogen and oxygen atoms in total. The van der Waals surface area contributed by atoms with E-state index < -0.39 is 0 Å². The van der Waals surface area contributed by atoms with E-state index in [9.17, 15) is 5.11 Å². The molecular weight excluding hydrogens is 288 g/mol. The first-order valence-corrected chi connectivity index (χ1v) is 7.88. The number of piperidine rings is 1. The van der Waals surface area contributed by atoms with Crippen molar-refractivity contribution in [3.8, 4) is 0 Å². The van der Waals surface area contributed by atoms with Crippen LogP contribution >= 0.6 is 11.6 Å². The zero-order valence-electron chi connectivity index (χ0n) is 12.0. The van der Waals surface area contributed by atoms with Crippen molar-refractivity contribution in [1.82, 2.24) is 15.1 Å². The summed E-state index contributed by atoms with van der Waals surface area (Å²) in [6.45, 7) is 3.94. The highest BCUT2D eigenvalue weighted by atomic mass is 35.5. The predicted octanol–water partition coefficient (Wildman–Crippen LogP) is 2.48. The van der Waals surface area contributed by atoms with Gasteiger partial charge >= 0.3 is 0 Å². The fourth-order valence-electron chi connectivity index (χ4n) is 2.77. The number of aliphatic hydroxyl groups excluding tert-OH is 1. The second-order valence-electron chi connectivity index (χ2n) is 5.62. The molecule has 1 aromatic heterocycles. The van der Waals surface area contributed by atoms with E-state index in [0.717, 1.165) is 67.2 Å². The van der Waals surface area contributed by atoms with Gasteiger partial charge in [-0.25, -0.2) is 0 Å². The third-order valence-electron chi connectivity index (χ3n) is 4.03. The minimum atomic E-state index is -0.0976. The van der Waals surface area contributed by atoms with Crippen LogP contribution < -0.4 is 5.32 Å². The highest BCUT2D eigenvalue weighted by Crippen LogP contribution is 2.23. The first kappa shape index (κ1) is 14.6. The number of aromatic nitrogens is 2. The van der Waals surface area contributed by atoms with E-state index in [1.54, 1.807) is 0 Å². The van der Waals surface area contributed by atoms with Crippen molar-refractivity contribution in [2.75, 3.05) is 31.5 Å². The Morgan fingerprint density at radius 3 is 3.00 bits per heavy atom. The molecule has 0 atom stereocenters. The van der Waals surface area contributed by atoms with Gasteiger partial charge in [0.05, 0.1) is 11.6 Å². The molecule has 0 saturated carbocycles. The van der Waals surface area contributed by atoms with Crippen molar-refractivity contribution < 1.29 is 5.11 Å². The molecule has 6 heteroatoms. The third kappa shape index (κ3) is 3.67. The number of likely N-dealkylation sites (tertiary alicyclic amines) is 1. The summed E-state index contributed by atoms with van der Waals surface area (Å²) in [6.07, 6.45) is 2.76. The number of H-pyrrole nitrogens is 1. The summed E-state index contributed by atoms with van der Waals surface area (Å²) in [5.74, 6) is 0.863. The molecule has 0 aliphatic carbocycles. The molecule has 1 aliphatic heterocycles. The van der Waals surface area contributed by atoms with Crippen LogP contribution in [0.1, 0.15) is 19.3 Å². The molecule has 1 saturated heterocycles. The van der Waals surface area contributed by atoms with Crippen LogP contribution in [0.4, 0.5) is 5.82 Å². The second kappa shape index (κ2) is 6.64. The zero-order chi connectivity index (χ0) is 14.7. The van der Waals surface area contributed by atoms with Crippen LogP contribution in [0, 0.1) is 0 Å². The van der Waals surface area contributed by atoms with Gasteiger partial charge < -0.3 is 15.3 Å². The largest absolute Gasteiger partial charge is 0.393 e. The average molecular weight is 309 g/mol. The second-order valence-corrected chi connectivity index (χ2v) is 6.05. The van der Waals surface area contributed by atoms with Gasteiger partial charge in [-0.15, -0.1) is 0 Å². The Morgan fingerprint density at radius 1 is 1.38 bits per heavy atom. The number of nitrogens with one attached hydrogen (secondary N) is 2. The number of benzene rings is 1. The van der Waals surface area contributed by atoms with E-state index in [0.29, 0.717) is 0 Å². The monoisotopic (exact) mass is 308 g/mol. The summed E-state index contributed by atoms with van der Waals surface area (Å²) in [6, 6.07) is 5.72. The van der Waals surface area contributed by atoms with Gasteiger partial charge in [-0.1, -0.05) is 11.6 Å². The van der Waals surface area contributed by atoms with Gasteiger partial charge in [-0.2, -0.15) is 5.10 Å². The Bertz CT molecular complexity index is 592. The summed E-state index contributed by atoms with van der Waals surface area (Å²) in [5, 5.41) is 21.9. The van der Waals surface area contributed by atoms with Crippen molar-refractivity contribution in [2.45, 2.75) is 25.4 Å². The van der Waals surface area contributed by atoms with E-state index in [1.807, 2.05) is 18.2 Å². The Kier molecular flexibility index (Phi) is 4.63. The highest BCUT2D eigenvalue weighted by molar-refractivity contribution is 6.31. The number of nitrogens with zero attached hydrogens (tertiary/aromatic N) is 2. The van der Waals surface area contributed by atoms with E-state index in [1.165, 1.54) is 0 Å². The number of hydrogen-bond acceptors (Lipinski definition) is 4. The molecule has 2 heterocycles. The first-order valence-electron chi connectivity index (χ1n) is 7.50. The lowest BCUT2D eigenvalue weighted by atomic mass is 10.1. The number of anilines is 1. The lowest BCUT2D eigenvalue weighted by Gasteiger charge is -2.29. The van der Waals surface area contributed by atoms with Crippen LogP contribution in [-0.4, -0.2) is 52.5 Å². The number of halogens is 1. The van der Waals surface area contributed by atoms with Crippen molar-refractivity contribution in [2.24, 2.45) is 0 Å². The van der Waals surface area contributed by atoms with Gasteiger partial charge in [0.25, 0.3) is 0 Å². The number of rotatable bonds is 5. The van der Waals surface area contributed by atoms with E-state index in [4.69, 9.17) is 11.6 Å². The molecule has 1 fully saturated rings. The maximum atomic E-state index is 9.48. The van der Waals surface area contributed by atoms with Gasteiger partial charge in [-0.05, 0) is 44.0 Å². The molecule has 0 spiro atoms. The summed E-state index contributed by atoms with van der Waals surface area (Å²) in [4.78, 5) is 2.41. The number of fused-ring (bicyclic) bond motifs is 1. The van der Waals surface area contributed by atoms with Gasteiger partial charge in [0, 0.05) is 30.0 Å². The maximum absolute atomic E-state index is 9.48. The lowest BCUT2D eigenvalue weighted by molar-refractivity contribution is 0.0825. The van der Waals surface area contributed by atoms with Crippen molar-refractivity contribution in [3.05, 3.63) is 23.2 Å². The van der Waals surface area contributed by atoms with Crippen LogP contribution in [0.15, 0.2) is 18.2 Å². The van der Waals surface area contributed by atoms with Gasteiger partial charge in [-0.3, -0.25) is 5.10 Å². The van der Waals surface area contributed by atoms with Crippen LogP contribution in [0.3, 0.4) is 0 Å². The van der Waals surface area contributed by atoms with Crippen molar-refractivity contribution >= 4 is 28.3 Å². The molecular formula is C15H21ClN4O. The smallest absolute Gasteiger partial charge is 0.155 e. The fraction of sp³-hybridized carbons (Fsp3) is 0.533. The third-order valence-corrected chi connectivity index (χ3v) is 4.26. The Balaban J connectivity index is 1.47. The standard InChI is InChI=1S/C15H21ClN4O/c16-11-2-3-14-13(10-11)15(19-18-14)17-6-1-7-20-8-4-12(21)5-9-20/h2-3,10,12,21H,1,4-9H2,(H2,17,18,19). The van der Waals surface area contributed by atoms with Crippen LogP contribution in [-0.2, 0) is 0 Å². The molecule has 114 valence electrons. The Labute approximate surface area is 129 Å². The van der Waals surface area contributed by atoms with Crippen LogP contribution in [0.5, 0.6) is 0 Å². The number of aromatic amines is 1. The SMILES string of the molecule is OC1CCN(CCCNc2n[nH]c3ccc(Cl)cc23)CC1. The Hall–Kier alpha value is -1.30. The molecule has 3 N–H and O–H groups in total. The quantitative estimate of drug-likeness (QED) is 0.743. The van der Waals surface area contributed by atoms with Gasteiger partial charge in [0.15, 0.2) is 5.82 Å². The molecule has 21 heavy (non-hydrogen) atoms. The molecule has 0 bridgehead atoms. The van der Waals surface area contributed by atoms with E-state index in [-0.39, 0.29) is 6.10 Å². The predicted molar refractivity (Wildman–Crippen MR) is 85.9 cm³/mol. The summed E-state index contributed by atoms with van der Waals surface area (Å²) in [7, 11) is 0. The van der Waals surface area contributed by atoms with E-state index >= 15 is 0 Å². The molecule has 2 aromatic rings. The van der Waals surface area contributed by atoms with Crippen molar-refractivity contribution in [1.29, 1.82) is 0 Å². The topological polar surface area (TPSA) is 64.2 Å². The lowest BCUT2D eigenvalue weighted by Crippen LogP contribution is -2.36. The summed E-state index contributed by atoms with van der Waals surface area (Å²) < 4.78 is 0. The first-order chi connectivity index (χ1) is 10.2. The highest BCUT2D eigenvalue weighted by Gasteiger charge is 2.16. The normalized spacial score (nSPS) is 17.4. The molecule has 3 rings (SSSR count). The van der Waals surface area contributed by atoms with Crippen LogP contribution in [0.2, 0.25) is 5.02 Å². The molecule has 0 unspecified atom stereocenters. The van der Waals surface area contributed by atoms with Crippen LogP contribution in [0.25, 0.3) is 10.9 Å². The van der Waals surface area contributed by atoms with Gasteiger partial charge in [0.2, 0.25) is 0 Å². The number of aliphatic hydroxyl groups is 1. The van der Waals surface area contributed by atoms with Gasteiger partial charge in [0.1, 0.15) is 0 Å².